The molecule has 5 nitrogen and oxygen atoms in total. The van der Waals surface area contributed by atoms with E-state index in [-0.39, 0.29) is 5.75 Å². The van der Waals surface area contributed by atoms with Gasteiger partial charge in [0.05, 0.1) is 5.75 Å². The average Bonchev–Trinajstić information content (AvgIpc) is 2.69. The van der Waals surface area contributed by atoms with Crippen molar-refractivity contribution in [2.75, 3.05) is 5.75 Å². The summed E-state index contributed by atoms with van der Waals surface area (Å²) in [7, 11) is 0. The van der Waals surface area contributed by atoms with Gasteiger partial charge in [-0.25, -0.2) is 0 Å². The van der Waals surface area contributed by atoms with E-state index in [4.69, 9.17) is 5.11 Å². The van der Waals surface area contributed by atoms with Crippen molar-refractivity contribution in [3.8, 4) is 0 Å². The molecule has 1 aromatic rings. The molecular formula is C12H19N3O2S. The maximum Gasteiger partial charge on any atom is 0.313 e. The Morgan fingerprint density at radius 1 is 1.39 bits per heavy atom. The van der Waals surface area contributed by atoms with Gasteiger partial charge in [-0.2, -0.15) is 0 Å². The van der Waals surface area contributed by atoms with Crippen LogP contribution in [-0.2, 0) is 4.79 Å². The fourth-order valence-electron chi connectivity index (χ4n) is 2.50. The van der Waals surface area contributed by atoms with Crippen LogP contribution in [0.5, 0.6) is 0 Å². The number of hydrogen-bond donors (Lipinski definition) is 1. The van der Waals surface area contributed by atoms with Crippen LogP contribution in [0.25, 0.3) is 0 Å². The minimum atomic E-state index is -0.815. The van der Waals surface area contributed by atoms with Gasteiger partial charge < -0.3 is 9.67 Å². The van der Waals surface area contributed by atoms with E-state index in [0.29, 0.717) is 6.04 Å². The zero-order chi connectivity index (χ0) is 13.1. The van der Waals surface area contributed by atoms with Crippen molar-refractivity contribution in [1.29, 1.82) is 0 Å². The number of aryl methyl sites for hydroxylation is 1. The Bertz CT molecular complexity index is 425. The lowest BCUT2D eigenvalue weighted by Crippen LogP contribution is -2.18. The molecule has 1 saturated carbocycles. The molecule has 0 atom stereocenters. The van der Waals surface area contributed by atoms with E-state index in [1.165, 1.54) is 24.6 Å². The van der Waals surface area contributed by atoms with Crippen molar-refractivity contribution in [2.24, 2.45) is 5.92 Å². The highest BCUT2D eigenvalue weighted by Gasteiger charge is 2.24. The summed E-state index contributed by atoms with van der Waals surface area (Å²) in [6, 6.07) is 0.437. The molecule has 1 N–H and O–H groups in total. The fourth-order valence-corrected chi connectivity index (χ4v) is 3.27. The van der Waals surface area contributed by atoms with Crippen molar-refractivity contribution in [3.05, 3.63) is 5.82 Å². The Labute approximate surface area is 111 Å². The Morgan fingerprint density at radius 2 is 2.06 bits per heavy atom. The second-order valence-corrected chi connectivity index (χ2v) is 5.94. The summed E-state index contributed by atoms with van der Waals surface area (Å²) in [4.78, 5) is 10.6. The lowest BCUT2D eigenvalue weighted by atomic mass is 9.87. The fraction of sp³-hybridized carbons (Fsp3) is 0.750. The predicted molar refractivity (Wildman–Crippen MR) is 69.8 cm³/mol. The molecule has 0 aliphatic heterocycles. The second kappa shape index (κ2) is 5.73. The van der Waals surface area contributed by atoms with Gasteiger partial charge in [0.2, 0.25) is 0 Å². The lowest BCUT2D eigenvalue weighted by molar-refractivity contribution is -0.133. The first-order valence-electron chi connectivity index (χ1n) is 6.34. The van der Waals surface area contributed by atoms with E-state index in [1.54, 1.807) is 0 Å². The first kappa shape index (κ1) is 13.4. The zero-order valence-electron chi connectivity index (χ0n) is 10.8. The third-order valence-corrected chi connectivity index (χ3v) is 4.44. The van der Waals surface area contributed by atoms with E-state index < -0.39 is 5.97 Å². The highest BCUT2D eigenvalue weighted by atomic mass is 32.2. The van der Waals surface area contributed by atoms with E-state index in [0.717, 1.165) is 29.7 Å². The van der Waals surface area contributed by atoms with Crippen LogP contribution in [0.3, 0.4) is 0 Å². The van der Waals surface area contributed by atoms with E-state index in [1.807, 2.05) is 6.92 Å². The number of aromatic nitrogens is 3. The molecule has 0 radical (unpaired) electrons. The van der Waals surface area contributed by atoms with Crippen LogP contribution in [0.2, 0.25) is 0 Å². The summed E-state index contributed by atoms with van der Waals surface area (Å²) in [5.74, 6) is 0.918. The molecule has 1 fully saturated rings. The Hall–Kier alpha value is -1.04. The molecule has 18 heavy (non-hydrogen) atoms. The normalized spacial score (nSPS) is 24.1. The molecule has 0 unspecified atom stereocenters. The largest absolute Gasteiger partial charge is 0.481 e. The lowest BCUT2D eigenvalue weighted by Gasteiger charge is -2.28. The van der Waals surface area contributed by atoms with Gasteiger partial charge in [0.1, 0.15) is 5.82 Å². The summed E-state index contributed by atoms with van der Waals surface area (Å²) in [5.41, 5.74) is 0. The molecule has 0 spiro atoms. The van der Waals surface area contributed by atoms with E-state index in [2.05, 4.69) is 21.7 Å². The van der Waals surface area contributed by atoms with E-state index in [9.17, 15) is 4.79 Å². The van der Waals surface area contributed by atoms with Gasteiger partial charge in [-0.1, -0.05) is 18.7 Å². The summed E-state index contributed by atoms with van der Waals surface area (Å²) >= 11 is 1.26. The molecule has 0 amide bonds. The van der Waals surface area contributed by atoms with Gasteiger partial charge in [0.25, 0.3) is 0 Å². The summed E-state index contributed by atoms with van der Waals surface area (Å²) in [6.45, 7) is 4.23. The maximum absolute atomic E-state index is 10.6. The predicted octanol–water partition coefficient (Wildman–Crippen LogP) is 2.51. The summed E-state index contributed by atoms with van der Waals surface area (Å²) in [6.07, 6.45) is 4.73. The summed E-state index contributed by atoms with van der Waals surface area (Å²) < 4.78 is 2.12. The molecule has 0 bridgehead atoms. The van der Waals surface area contributed by atoms with Crippen LogP contribution >= 0.6 is 11.8 Å². The van der Waals surface area contributed by atoms with Crippen LogP contribution in [0.15, 0.2) is 5.16 Å². The maximum atomic E-state index is 10.6. The highest BCUT2D eigenvalue weighted by Crippen LogP contribution is 2.34. The number of hydrogen-bond acceptors (Lipinski definition) is 4. The first-order chi connectivity index (χ1) is 8.58. The topological polar surface area (TPSA) is 68.0 Å². The van der Waals surface area contributed by atoms with Gasteiger partial charge in [0, 0.05) is 6.04 Å². The molecule has 0 aromatic carbocycles. The SMILES string of the molecule is Cc1nnc(SCC(=O)O)n1C1CCC(C)CC1. The summed E-state index contributed by atoms with van der Waals surface area (Å²) in [5, 5.41) is 17.7. The molecular weight excluding hydrogens is 250 g/mol. The van der Waals surface area contributed by atoms with Crippen LogP contribution in [0.1, 0.15) is 44.5 Å². The molecule has 1 aliphatic rings. The van der Waals surface area contributed by atoms with Crippen LogP contribution in [0.4, 0.5) is 0 Å². The number of thioether (sulfide) groups is 1. The molecule has 1 aliphatic carbocycles. The number of carbonyl (C=O) groups is 1. The monoisotopic (exact) mass is 269 g/mol. The van der Waals surface area contributed by atoms with Crippen molar-refractivity contribution in [1.82, 2.24) is 14.8 Å². The number of carboxylic acid groups (broad SMARTS) is 1. The number of aliphatic carboxylic acids is 1. The van der Waals surface area contributed by atoms with Gasteiger partial charge in [-0.15, -0.1) is 10.2 Å². The third kappa shape index (κ3) is 3.04. The Kier molecular flexibility index (Phi) is 4.27. The van der Waals surface area contributed by atoms with Crippen molar-refractivity contribution in [2.45, 2.75) is 50.7 Å². The quantitative estimate of drug-likeness (QED) is 0.851. The molecule has 0 saturated heterocycles. The van der Waals surface area contributed by atoms with Gasteiger partial charge in [-0.3, -0.25) is 4.79 Å². The smallest absolute Gasteiger partial charge is 0.313 e. The molecule has 100 valence electrons. The van der Waals surface area contributed by atoms with Crippen molar-refractivity contribution < 1.29 is 9.90 Å². The number of carboxylic acids is 1. The standard InChI is InChI=1S/C12H19N3O2S/c1-8-3-5-10(6-4-8)15-9(2)13-14-12(15)18-7-11(16)17/h8,10H,3-7H2,1-2H3,(H,16,17). The average molecular weight is 269 g/mol. The molecule has 1 aromatic heterocycles. The molecule has 2 rings (SSSR count). The molecule has 6 heteroatoms. The number of rotatable bonds is 4. The van der Waals surface area contributed by atoms with E-state index >= 15 is 0 Å². The van der Waals surface area contributed by atoms with Crippen LogP contribution in [-0.4, -0.2) is 31.6 Å². The minimum Gasteiger partial charge on any atom is -0.481 e. The Morgan fingerprint density at radius 3 is 2.67 bits per heavy atom. The second-order valence-electron chi connectivity index (χ2n) is 5.00. The van der Waals surface area contributed by atoms with Crippen LogP contribution < -0.4 is 0 Å². The zero-order valence-corrected chi connectivity index (χ0v) is 11.6. The Balaban J connectivity index is 2.10. The number of nitrogens with zero attached hydrogens (tertiary/aromatic N) is 3. The van der Waals surface area contributed by atoms with Crippen LogP contribution in [0, 0.1) is 12.8 Å². The van der Waals surface area contributed by atoms with Gasteiger partial charge in [0.15, 0.2) is 5.16 Å². The first-order valence-corrected chi connectivity index (χ1v) is 7.32. The minimum absolute atomic E-state index is 0.0429. The third-order valence-electron chi connectivity index (χ3n) is 3.51. The van der Waals surface area contributed by atoms with Gasteiger partial charge in [-0.05, 0) is 38.5 Å². The molecule has 1 heterocycles. The van der Waals surface area contributed by atoms with Crippen molar-refractivity contribution >= 4 is 17.7 Å². The highest BCUT2D eigenvalue weighted by molar-refractivity contribution is 7.99. The van der Waals surface area contributed by atoms with Gasteiger partial charge >= 0.3 is 5.97 Å². The van der Waals surface area contributed by atoms with Crippen molar-refractivity contribution in [3.63, 3.8) is 0 Å².